The Morgan fingerprint density at radius 2 is 2.07 bits per heavy atom. The lowest BCUT2D eigenvalue weighted by Gasteiger charge is -2.21. The first kappa shape index (κ1) is 9.72. The van der Waals surface area contributed by atoms with Crippen molar-refractivity contribution in [3.8, 4) is 0 Å². The summed E-state index contributed by atoms with van der Waals surface area (Å²) in [6.07, 6.45) is 5.23. The van der Waals surface area contributed by atoms with Gasteiger partial charge in [-0.3, -0.25) is 0 Å². The second-order valence-corrected chi connectivity index (χ2v) is 4.16. The Balaban J connectivity index is 1.76. The summed E-state index contributed by atoms with van der Waals surface area (Å²) >= 11 is 0. The second-order valence-electron chi connectivity index (χ2n) is 4.16. The highest BCUT2D eigenvalue weighted by Crippen LogP contribution is 2.17. The molecule has 1 heteroatoms. The molecule has 75 valence electrons. The zero-order valence-corrected chi connectivity index (χ0v) is 8.65. The van der Waals surface area contributed by atoms with Gasteiger partial charge in [-0.2, -0.15) is 0 Å². The van der Waals surface area contributed by atoms with Gasteiger partial charge in [0.15, 0.2) is 0 Å². The number of rotatable bonds is 3. The number of nitrogens with zero attached hydrogens (tertiary/aromatic N) is 1. The van der Waals surface area contributed by atoms with Crippen LogP contribution >= 0.6 is 0 Å². The number of hydrogen-bond donors (Lipinski definition) is 0. The molecule has 0 spiro atoms. The van der Waals surface area contributed by atoms with Crippen molar-refractivity contribution in [2.24, 2.45) is 5.92 Å². The summed E-state index contributed by atoms with van der Waals surface area (Å²) in [4.78, 5) is 0. The molecule has 1 unspecified atom stereocenters. The van der Waals surface area contributed by atoms with Gasteiger partial charge in [-0.15, -0.1) is 0 Å². The molecule has 0 N–H and O–H groups in total. The predicted molar refractivity (Wildman–Crippen MR) is 59.4 cm³/mol. The first-order valence-electron chi connectivity index (χ1n) is 5.62. The summed E-state index contributed by atoms with van der Waals surface area (Å²) < 4.78 is 0. The second kappa shape index (κ2) is 5.16. The highest BCUT2D eigenvalue weighted by Gasteiger charge is 2.12. The largest absolute Gasteiger partial charge is 0.242 e. The third-order valence-electron chi connectivity index (χ3n) is 3.00. The lowest BCUT2D eigenvalue weighted by atomic mass is 9.93. The third-order valence-corrected chi connectivity index (χ3v) is 3.00. The van der Waals surface area contributed by atoms with E-state index in [1.807, 2.05) is 0 Å². The molecule has 0 aromatic heterocycles. The topological polar surface area (TPSA) is 14.1 Å². The van der Waals surface area contributed by atoms with Crippen LogP contribution in [-0.2, 0) is 6.42 Å². The Morgan fingerprint density at radius 3 is 2.79 bits per heavy atom. The maximum Gasteiger partial charge on any atom is 0.0161 e. The summed E-state index contributed by atoms with van der Waals surface area (Å²) in [5.41, 5.74) is 1.47. The van der Waals surface area contributed by atoms with Gasteiger partial charge in [-0.1, -0.05) is 30.3 Å². The Bertz CT molecular complexity index is 249. The molecule has 1 heterocycles. The minimum atomic E-state index is 0.851. The predicted octanol–water partition coefficient (Wildman–Crippen LogP) is 2.63. The number of hydrogen-bond acceptors (Lipinski definition) is 0. The summed E-state index contributed by atoms with van der Waals surface area (Å²) in [6.45, 7) is 2.20. The van der Waals surface area contributed by atoms with Gasteiger partial charge in [0.25, 0.3) is 0 Å². The first-order valence-corrected chi connectivity index (χ1v) is 5.62. The Hall–Kier alpha value is -0.820. The van der Waals surface area contributed by atoms with Crippen LogP contribution in [-0.4, -0.2) is 13.1 Å². The van der Waals surface area contributed by atoms with E-state index in [4.69, 9.17) is 0 Å². The molecule has 2 rings (SSSR count). The standard InChI is InChI=1S/C13H18N/c1-2-5-12(6-3-1)8-9-13-7-4-10-14-11-13/h1-3,5-6,13H,4,7-11H2. The van der Waals surface area contributed by atoms with Crippen LogP contribution in [0.25, 0.3) is 0 Å². The lowest BCUT2D eigenvalue weighted by Crippen LogP contribution is -2.24. The zero-order chi connectivity index (χ0) is 9.64. The van der Waals surface area contributed by atoms with Crippen LogP contribution in [0.5, 0.6) is 0 Å². The van der Waals surface area contributed by atoms with Crippen LogP contribution in [0, 0.1) is 5.92 Å². The summed E-state index contributed by atoms with van der Waals surface area (Å²) in [5, 5.41) is 4.47. The van der Waals surface area contributed by atoms with Crippen LogP contribution in [0.1, 0.15) is 24.8 Å². The number of benzene rings is 1. The minimum Gasteiger partial charge on any atom is -0.242 e. The highest BCUT2D eigenvalue weighted by atomic mass is 14.9. The summed E-state index contributed by atoms with van der Waals surface area (Å²) in [6, 6.07) is 10.8. The van der Waals surface area contributed by atoms with E-state index in [1.165, 1.54) is 31.2 Å². The van der Waals surface area contributed by atoms with Crippen molar-refractivity contribution < 1.29 is 0 Å². The average molecular weight is 188 g/mol. The highest BCUT2D eigenvalue weighted by molar-refractivity contribution is 5.14. The molecule has 0 aliphatic carbocycles. The van der Waals surface area contributed by atoms with Crippen LogP contribution in [0.4, 0.5) is 0 Å². The van der Waals surface area contributed by atoms with Gasteiger partial charge in [0.05, 0.1) is 0 Å². The van der Waals surface area contributed by atoms with Crippen LogP contribution in [0.2, 0.25) is 0 Å². The van der Waals surface area contributed by atoms with Crippen molar-refractivity contribution in [1.29, 1.82) is 0 Å². The first-order chi connectivity index (χ1) is 6.95. The fraction of sp³-hybridized carbons (Fsp3) is 0.538. The van der Waals surface area contributed by atoms with Gasteiger partial charge in [0.2, 0.25) is 0 Å². The molecule has 1 nitrogen and oxygen atoms in total. The van der Waals surface area contributed by atoms with Crippen molar-refractivity contribution in [3.05, 3.63) is 35.9 Å². The molecule has 14 heavy (non-hydrogen) atoms. The van der Waals surface area contributed by atoms with E-state index in [-0.39, 0.29) is 0 Å². The minimum absolute atomic E-state index is 0.851. The van der Waals surface area contributed by atoms with Gasteiger partial charge < -0.3 is 0 Å². The molecule has 1 aliphatic heterocycles. The van der Waals surface area contributed by atoms with Crippen LogP contribution in [0.3, 0.4) is 0 Å². The van der Waals surface area contributed by atoms with E-state index in [1.54, 1.807) is 0 Å². The molecule has 1 saturated heterocycles. The molecule has 1 radical (unpaired) electrons. The fourth-order valence-corrected chi connectivity index (χ4v) is 2.11. The third kappa shape index (κ3) is 2.85. The molecule has 0 bridgehead atoms. The van der Waals surface area contributed by atoms with Crippen molar-refractivity contribution in [1.82, 2.24) is 5.32 Å². The molecular weight excluding hydrogens is 170 g/mol. The van der Waals surface area contributed by atoms with E-state index in [0.29, 0.717) is 0 Å². The summed E-state index contributed by atoms with van der Waals surface area (Å²) in [5.74, 6) is 0.851. The Labute approximate surface area is 86.5 Å². The van der Waals surface area contributed by atoms with Crippen molar-refractivity contribution >= 4 is 0 Å². The quantitative estimate of drug-likeness (QED) is 0.692. The van der Waals surface area contributed by atoms with Crippen LogP contribution < -0.4 is 5.32 Å². The smallest absolute Gasteiger partial charge is 0.0161 e. The average Bonchev–Trinajstić information content (AvgIpc) is 2.29. The summed E-state index contributed by atoms with van der Waals surface area (Å²) in [7, 11) is 0. The molecular formula is C13H18N. The molecule has 1 atom stereocenters. The molecule has 1 aromatic carbocycles. The fourth-order valence-electron chi connectivity index (χ4n) is 2.11. The van der Waals surface area contributed by atoms with E-state index < -0.39 is 0 Å². The molecule has 0 amide bonds. The van der Waals surface area contributed by atoms with Gasteiger partial charge in [-0.25, -0.2) is 5.32 Å². The van der Waals surface area contributed by atoms with Crippen molar-refractivity contribution in [2.75, 3.05) is 13.1 Å². The van der Waals surface area contributed by atoms with Gasteiger partial charge >= 0.3 is 0 Å². The Morgan fingerprint density at radius 1 is 1.21 bits per heavy atom. The van der Waals surface area contributed by atoms with E-state index in [0.717, 1.165) is 19.0 Å². The van der Waals surface area contributed by atoms with Gasteiger partial charge in [0.1, 0.15) is 0 Å². The number of aryl methyl sites for hydroxylation is 1. The monoisotopic (exact) mass is 188 g/mol. The molecule has 1 fully saturated rings. The molecule has 1 aromatic rings. The maximum atomic E-state index is 4.47. The zero-order valence-electron chi connectivity index (χ0n) is 8.65. The Kier molecular flexibility index (Phi) is 3.58. The van der Waals surface area contributed by atoms with Gasteiger partial charge in [-0.05, 0) is 37.2 Å². The SMILES string of the molecule is c1ccc(CCC2CCC[N]C2)cc1. The number of piperidine rings is 1. The normalized spacial score (nSPS) is 22.1. The molecule has 0 saturated carbocycles. The van der Waals surface area contributed by atoms with E-state index in [9.17, 15) is 0 Å². The van der Waals surface area contributed by atoms with Crippen molar-refractivity contribution in [3.63, 3.8) is 0 Å². The van der Waals surface area contributed by atoms with Crippen LogP contribution in [0.15, 0.2) is 30.3 Å². The van der Waals surface area contributed by atoms with E-state index >= 15 is 0 Å². The van der Waals surface area contributed by atoms with Gasteiger partial charge in [0, 0.05) is 13.1 Å². The van der Waals surface area contributed by atoms with Crippen molar-refractivity contribution in [2.45, 2.75) is 25.7 Å². The lowest BCUT2D eigenvalue weighted by molar-refractivity contribution is 0.353. The maximum absolute atomic E-state index is 4.47. The molecule has 1 aliphatic rings. The van der Waals surface area contributed by atoms with E-state index in [2.05, 4.69) is 35.6 Å².